The van der Waals surface area contributed by atoms with E-state index in [9.17, 15) is 14.2 Å². The van der Waals surface area contributed by atoms with Gasteiger partial charge in [-0.25, -0.2) is 0 Å². The van der Waals surface area contributed by atoms with Gasteiger partial charge in [-0.2, -0.15) is 0 Å². The molecule has 1 atom stereocenters. The van der Waals surface area contributed by atoms with Gasteiger partial charge in [0.25, 0.3) is 0 Å². The molecule has 8 heteroatoms. The van der Waals surface area contributed by atoms with Crippen molar-refractivity contribution >= 4 is 19.3 Å². The van der Waals surface area contributed by atoms with E-state index < -0.39 is 31.2 Å². The highest BCUT2D eigenvalue weighted by molar-refractivity contribution is 7.52. The Morgan fingerprint density at radius 1 is 0.909 bits per heavy atom. The second kappa shape index (κ2) is 8.20. The molecule has 0 aromatic heterocycles. The Bertz CT molecular complexity index is 431. The number of carbonyl (C=O) groups excluding carboxylic acids is 2. The molecule has 22 heavy (non-hydrogen) atoms. The molecule has 0 heterocycles. The summed E-state index contributed by atoms with van der Waals surface area (Å²) in [6.45, 7) is 10.7. The fourth-order valence-electron chi connectivity index (χ4n) is 0.913. The maximum absolute atomic E-state index is 11.9. The first-order valence-corrected chi connectivity index (χ1v) is 8.89. The second-order valence-electron chi connectivity index (χ2n) is 6.97. The minimum Gasteiger partial charge on any atom is -0.438 e. The summed E-state index contributed by atoms with van der Waals surface area (Å²) in [5.41, 5.74) is -1.17. The van der Waals surface area contributed by atoms with Gasteiger partial charge in [0.2, 0.25) is 6.79 Å². The van der Waals surface area contributed by atoms with Crippen LogP contribution in [0.1, 0.15) is 41.5 Å². The Morgan fingerprint density at radius 3 is 1.86 bits per heavy atom. The van der Waals surface area contributed by atoms with Crippen LogP contribution in [0.2, 0.25) is 0 Å². The first-order chi connectivity index (χ1) is 9.76. The number of ether oxygens (including phenoxy) is 2. The molecule has 0 aliphatic heterocycles. The third-order valence-electron chi connectivity index (χ3n) is 2.53. The average molecular weight is 338 g/mol. The number of hydrogen-bond acceptors (Lipinski definition) is 7. The smallest absolute Gasteiger partial charge is 0.332 e. The van der Waals surface area contributed by atoms with Crippen LogP contribution in [-0.2, 0) is 32.7 Å². The van der Waals surface area contributed by atoms with Gasteiger partial charge < -0.3 is 9.47 Å². The van der Waals surface area contributed by atoms with Gasteiger partial charge in [0.15, 0.2) is 12.6 Å². The lowest BCUT2D eigenvalue weighted by atomic mass is 9.91. The number of carbonyl (C=O) groups is 2. The molecule has 0 aromatic carbocycles. The third kappa shape index (κ3) is 9.30. The number of ketones is 1. The maximum atomic E-state index is 11.9. The molecule has 0 saturated carbocycles. The summed E-state index contributed by atoms with van der Waals surface area (Å²) in [5.74, 6) is -0.568. The molecule has 0 amide bonds. The van der Waals surface area contributed by atoms with Crippen molar-refractivity contribution in [1.29, 1.82) is 0 Å². The van der Waals surface area contributed by atoms with Gasteiger partial charge in [-0.3, -0.25) is 23.2 Å². The molecule has 0 N–H and O–H groups in total. The molecular formula is C14H27O7P. The molecule has 0 saturated heterocycles. The van der Waals surface area contributed by atoms with Gasteiger partial charge in [-0.05, 0) is 20.8 Å². The average Bonchev–Trinajstić information content (AvgIpc) is 2.31. The van der Waals surface area contributed by atoms with Gasteiger partial charge in [0, 0.05) is 12.1 Å². The Hall–Kier alpha value is -0.750. The molecule has 0 radical (unpaired) electrons. The first-order valence-electron chi connectivity index (χ1n) is 6.90. The van der Waals surface area contributed by atoms with Crippen LogP contribution in [0, 0.1) is 10.8 Å². The summed E-state index contributed by atoms with van der Waals surface area (Å²) in [6.07, 6.45) is 0. The van der Waals surface area contributed by atoms with E-state index in [0.717, 1.165) is 0 Å². The normalized spacial score (nSPS) is 15.2. The molecule has 0 fully saturated rings. The van der Waals surface area contributed by atoms with E-state index in [2.05, 4.69) is 0 Å². The Morgan fingerprint density at radius 2 is 1.41 bits per heavy atom. The molecule has 0 aromatic rings. The van der Waals surface area contributed by atoms with Crippen LogP contribution in [-0.4, -0.2) is 38.6 Å². The van der Waals surface area contributed by atoms with Crippen molar-refractivity contribution in [3.63, 3.8) is 0 Å². The van der Waals surface area contributed by atoms with Crippen LogP contribution in [0.4, 0.5) is 0 Å². The Balaban J connectivity index is 4.00. The van der Waals surface area contributed by atoms with Crippen LogP contribution in [0.25, 0.3) is 0 Å². The minimum absolute atomic E-state index is 0.0953. The molecule has 0 rings (SSSR count). The molecule has 0 aliphatic rings. The summed E-state index contributed by atoms with van der Waals surface area (Å²) in [5, 5.41) is 0. The van der Waals surface area contributed by atoms with Crippen LogP contribution >= 0.6 is 7.60 Å². The van der Waals surface area contributed by atoms with E-state index in [1.165, 1.54) is 6.66 Å². The molecule has 0 bridgehead atoms. The number of hydrogen-bond donors (Lipinski definition) is 0. The zero-order valence-corrected chi connectivity index (χ0v) is 15.3. The van der Waals surface area contributed by atoms with E-state index >= 15 is 0 Å². The van der Waals surface area contributed by atoms with Crippen LogP contribution in [0.5, 0.6) is 0 Å². The highest BCUT2D eigenvalue weighted by atomic mass is 31.2. The lowest BCUT2D eigenvalue weighted by Crippen LogP contribution is -2.25. The van der Waals surface area contributed by atoms with Crippen molar-refractivity contribution in [3.05, 3.63) is 0 Å². The molecule has 0 aliphatic carbocycles. The summed E-state index contributed by atoms with van der Waals surface area (Å²) in [7, 11) is -3.42. The highest BCUT2D eigenvalue weighted by Crippen LogP contribution is 2.43. The number of rotatable bonds is 8. The number of Topliss-reactive ketones (excluding diaryl/α,β-unsaturated/α-hetero) is 1. The fourth-order valence-corrected chi connectivity index (χ4v) is 1.50. The predicted molar refractivity (Wildman–Crippen MR) is 81.4 cm³/mol. The van der Waals surface area contributed by atoms with E-state index in [-0.39, 0.29) is 19.2 Å². The van der Waals surface area contributed by atoms with E-state index in [4.69, 9.17) is 18.5 Å². The van der Waals surface area contributed by atoms with E-state index in [1.54, 1.807) is 41.5 Å². The molecule has 130 valence electrons. The van der Waals surface area contributed by atoms with Gasteiger partial charge in [0.05, 0.1) is 5.41 Å². The molecule has 7 nitrogen and oxygen atoms in total. The summed E-state index contributed by atoms with van der Waals surface area (Å²) < 4.78 is 31.5. The number of esters is 1. The van der Waals surface area contributed by atoms with Crippen molar-refractivity contribution in [2.24, 2.45) is 10.8 Å². The van der Waals surface area contributed by atoms with Gasteiger partial charge >= 0.3 is 13.6 Å². The van der Waals surface area contributed by atoms with Gasteiger partial charge in [-0.1, -0.05) is 20.8 Å². The molecular weight excluding hydrogens is 311 g/mol. The Labute approximate surface area is 132 Å². The van der Waals surface area contributed by atoms with Crippen LogP contribution in [0.3, 0.4) is 0 Å². The van der Waals surface area contributed by atoms with Gasteiger partial charge in [0.1, 0.15) is 6.61 Å². The van der Waals surface area contributed by atoms with Crippen molar-refractivity contribution < 1.29 is 32.7 Å². The lowest BCUT2D eigenvalue weighted by Gasteiger charge is -2.19. The van der Waals surface area contributed by atoms with E-state index in [0.29, 0.717) is 0 Å². The van der Waals surface area contributed by atoms with E-state index in [1.807, 2.05) is 0 Å². The molecule has 1 unspecified atom stereocenters. The second-order valence-corrected chi connectivity index (χ2v) is 9.03. The van der Waals surface area contributed by atoms with Crippen molar-refractivity contribution in [3.8, 4) is 0 Å². The van der Waals surface area contributed by atoms with Crippen molar-refractivity contribution in [2.75, 3.05) is 26.9 Å². The van der Waals surface area contributed by atoms with Crippen LogP contribution < -0.4 is 0 Å². The summed E-state index contributed by atoms with van der Waals surface area (Å²) >= 11 is 0. The van der Waals surface area contributed by atoms with Gasteiger partial charge in [-0.15, -0.1) is 0 Å². The highest BCUT2D eigenvalue weighted by Gasteiger charge is 2.25. The monoisotopic (exact) mass is 338 g/mol. The van der Waals surface area contributed by atoms with Crippen molar-refractivity contribution in [1.82, 2.24) is 0 Å². The zero-order valence-electron chi connectivity index (χ0n) is 14.4. The quantitative estimate of drug-likeness (QED) is 0.291. The molecule has 0 spiro atoms. The first kappa shape index (κ1) is 21.2. The third-order valence-corrected chi connectivity index (χ3v) is 3.68. The standard InChI is InChI=1S/C14H27O7P/c1-13(2,3)11(15)8-18-9-20-22(7,17)21-10-19-12(16)14(4,5)6/h8-10H2,1-7H3. The largest absolute Gasteiger partial charge is 0.438 e. The fraction of sp³-hybridized carbons (Fsp3) is 0.857. The summed E-state index contributed by atoms with van der Waals surface area (Å²) in [4.78, 5) is 23.1. The predicted octanol–water partition coefficient (Wildman–Crippen LogP) is 2.98. The minimum atomic E-state index is -3.42. The maximum Gasteiger partial charge on any atom is 0.332 e. The van der Waals surface area contributed by atoms with Crippen LogP contribution in [0.15, 0.2) is 0 Å². The lowest BCUT2D eigenvalue weighted by molar-refractivity contribution is -0.160. The Kier molecular flexibility index (Phi) is 7.92. The zero-order chi connectivity index (χ0) is 17.6. The topological polar surface area (TPSA) is 88.1 Å². The van der Waals surface area contributed by atoms with Crippen molar-refractivity contribution in [2.45, 2.75) is 41.5 Å². The SMILES string of the molecule is CC(C)(C)C(=O)COCOP(C)(=O)OCOC(=O)C(C)(C)C. The summed E-state index contributed by atoms with van der Waals surface area (Å²) in [6, 6.07) is 0.